The molecule has 2 fully saturated rings. The summed E-state index contributed by atoms with van der Waals surface area (Å²) in [5.41, 5.74) is 1.26. The van der Waals surface area contributed by atoms with Crippen LogP contribution in [0.15, 0.2) is 30.3 Å². The maximum atomic E-state index is 12.4. The quantitative estimate of drug-likeness (QED) is 0.872. The molecule has 1 amide bonds. The fraction of sp³-hybridized carbons (Fsp3) is 0.632. The van der Waals surface area contributed by atoms with Crippen molar-refractivity contribution in [3.05, 3.63) is 35.9 Å². The molecule has 1 saturated carbocycles. The second-order valence-electron chi connectivity index (χ2n) is 6.96. The summed E-state index contributed by atoms with van der Waals surface area (Å²) in [7, 11) is 2.19. The summed E-state index contributed by atoms with van der Waals surface area (Å²) in [6.45, 7) is 1.18. The molecule has 0 aromatic heterocycles. The van der Waals surface area contributed by atoms with Gasteiger partial charge in [-0.25, -0.2) is 0 Å². The van der Waals surface area contributed by atoms with Crippen molar-refractivity contribution in [2.45, 2.75) is 57.0 Å². The molecule has 3 heteroatoms. The molecule has 3 rings (SSSR count). The second-order valence-corrected chi connectivity index (χ2v) is 6.96. The number of hydrogen-bond donors (Lipinski definition) is 1. The first-order chi connectivity index (χ1) is 10.7. The minimum absolute atomic E-state index is 0.220. The van der Waals surface area contributed by atoms with E-state index in [9.17, 15) is 4.79 Å². The van der Waals surface area contributed by atoms with E-state index in [-0.39, 0.29) is 11.9 Å². The molecule has 1 saturated heterocycles. The summed E-state index contributed by atoms with van der Waals surface area (Å²) in [5.74, 6) is 0.864. The van der Waals surface area contributed by atoms with E-state index in [4.69, 9.17) is 0 Å². The van der Waals surface area contributed by atoms with Crippen molar-refractivity contribution in [2.24, 2.45) is 5.92 Å². The van der Waals surface area contributed by atoms with Crippen molar-refractivity contribution in [1.82, 2.24) is 10.2 Å². The number of rotatable bonds is 6. The van der Waals surface area contributed by atoms with Crippen molar-refractivity contribution in [1.29, 1.82) is 0 Å². The SMILES string of the molecule is CN1CCCC[C@H]1CCC(=O)N[C@H](c1ccccc1)C1CC1. The molecule has 0 radical (unpaired) electrons. The van der Waals surface area contributed by atoms with E-state index in [1.165, 1.54) is 44.2 Å². The minimum atomic E-state index is 0.220. The fourth-order valence-corrected chi connectivity index (χ4v) is 3.62. The molecular formula is C19H28N2O. The first-order valence-corrected chi connectivity index (χ1v) is 8.78. The van der Waals surface area contributed by atoms with Crippen LogP contribution in [0.5, 0.6) is 0 Å². The van der Waals surface area contributed by atoms with Gasteiger partial charge in [-0.3, -0.25) is 4.79 Å². The maximum absolute atomic E-state index is 12.4. The first-order valence-electron chi connectivity index (χ1n) is 8.78. The van der Waals surface area contributed by atoms with Crippen molar-refractivity contribution in [3.63, 3.8) is 0 Å². The molecule has 1 N–H and O–H groups in total. The van der Waals surface area contributed by atoms with Crippen LogP contribution >= 0.6 is 0 Å². The number of nitrogens with one attached hydrogen (secondary N) is 1. The van der Waals surface area contributed by atoms with Gasteiger partial charge in [-0.1, -0.05) is 36.8 Å². The van der Waals surface area contributed by atoms with Gasteiger partial charge in [0.2, 0.25) is 5.91 Å². The smallest absolute Gasteiger partial charge is 0.220 e. The molecule has 0 unspecified atom stereocenters. The van der Waals surface area contributed by atoms with Crippen LogP contribution in [0.1, 0.15) is 56.6 Å². The lowest BCUT2D eigenvalue weighted by molar-refractivity contribution is -0.122. The fourth-order valence-electron chi connectivity index (χ4n) is 3.62. The largest absolute Gasteiger partial charge is 0.349 e. The molecule has 3 nitrogen and oxygen atoms in total. The Morgan fingerprint density at radius 3 is 2.68 bits per heavy atom. The highest BCUT2D eigenvalue weighted by Gasteiger charge is 2.33. The lowest BCUT2D eigenvalue weighted by Gasteiger charge is -2.32. The molecule has 2 aliphatic rings. The predicted molar refractivity (Wildman–Crippen MR) is 89.6 cm³/mol. The number of carbonyl (C=O) groups is 1. The molecule has 22 heavy (non-hydrogen) atoms. The highest BCUT2D eigenvalue weighted by molar-refractivity contribution is 5.76. The Morgan fingerprint density at radius 1 is 1.23 bits per heavy atom. The zero-order valence-electron chi connectivity index (χ0n) is 13.6. The summed E-state index contributed by atoms with van der Waals surface area (Å²) in [4.78, 5) is 14.8. The Balaban J connectivity index is 1.51. The van der Waals surface area contributed by atoms with Crippen LogP contribution in [0.2, 0.25) is 0 Å². The average molecular weight is 300 g/mol. The summed E-state index contributed by atoms with van der Waals surface area (Å²) in [6, 6.07) is 11.3. The molecule has 1 heterocycles. The third-order valence-electron chi connectivity index (χ3n) is 5.19. The monoisotopic (exact) mass is 300 g/mol. The molecular weight excluding hydrogens is 272 g/mol. The van der Waals surface area contributed by atoms with Gasteiger partial charge in [0.1, 0.15) is 0 Å². The Kier molecular flexibility index (Phi) is 5.14. The van der Waals surface area contributed by atoms with E-state index in [2.05, 4.69) is 41.5 Å². The van der Waals surface area contributed by atoms with E-state index in [0.717, 1.165) is 6.42 Å². The highest BCUT2D eigenvalue weighted by atomic mass is 16.1. The zero-order valence-corrected chi connectivity index (χ0v) is 13.6. The van der Waals surface area contributed by atoms with Gasteiger partial charge < -0.3 is 10.2 Å². The zero-order chi connectivity index (χ0) is 15.4. The van der Waals surface area contributed by atoms with Gasteiger partial charge in [-0.15, -0.1) is 0 Å². The first kappa shape index (κ1) is 15.5. The summed E-state index contributed by atoms with van der Waals surface area (Å²) < 4.78 is 0. The number of amides is 1. The van der Waals surface area contributed by atoms with E-state index in [1.54, 1.807) is 0 Å². The predicted octanol–water partition coefficient (Wildman–Crippen LogP) is 3.52. The van der Waals surface area contributed by atoms with Crippen LogP contribution in [0, 0.1) is 5.92 Å². The Labute approximate surface area is 134 Å². The molecule has 2 atom stereocenters. The van der Waals surface area contributed by atoms with Gasteiger partial charge in [0, 0.05) is 12.5 Å². The molecule has 1 aromatic rings. The Hall–Kier alpha value is -1.35. The number of nitrogens with zero attached hydrogens (tertiary/aromatic N) is 1. The number of hydrogen-bond acceptors (Lipinski definition) is 2. The van der Waals surface area contributed by atoms with Crippen LogP contribution in [0.3, 0.4) is 0 Å². The molecule has 1 aliphatic heterocycles. The molecule has 1 aromatic carbocycles. The molecule has 1 aliphatic carbocycles. The van der Waals surface area contributed by atoms with Gasteiger partial charge >= 0.3 is 0 Å². The normalized spacial score (nSPS) is 24.0. The number of carbonyl (C=O) groups excluding carboxylic acids is 1. The summed E-state index contributed by atoms with van der Waals surface area (Å²) in [5, 5.41) is 3.29. The van der Waals surface area contributed by atoms with Gasteiger partial charge in [-0.2, -0.15) is 0 Å². The van der Waals surface area contributed by atoms with Gasteiger partial charge in [0.05, 0.1) is 6.04 Å². The Bertz CT molecular complexity index is 483. The number of benzene rings is 1. The molecule has 120 valence electrons. The third-order valence-corrected chi connectivity index (χ3v) is 5.19. The van der Waals surface area contributed by atoms with Gasteiger partial charge in [0.15, 0.2) is 0 Å². The number of piperidine rings is 1. The van der Waals surface area contributed by atoms with Gasteiger partial charge in [-0.05, 0) is 57.2 Å². The highest BCUT2D eigenvalue weighted by Crippen LogP contribution is 2.41. The summed E-state index contributed by atoms with van der Waals surface area (Å²) in [6.07, 6.45) is 7.99. The third kappa shape index (κ3) is 4.10. The number of likely N-dealkylation sites (tertiary alicyclic amines) is 1. The van der Waals surface area contributed by atoms with Crippen LogP contribution in [-0.2, 0) is 4.79 Å². The standard InChI is InChI=1S/C19H28N2O/c1-21-14-6-5-9-17(21)12-13-18(22)20-19(16-10-11-16)15-7-3-2-4-8-15/h2-4,7-8,16-17,19H,5-6,9-14H2,1H3,(H,20,22)/t17-,19+/m0/s1. The lowest BCUT2D eigenvalue weighted by atomic mass is 9.98. The molecule has 0 spiro atoms. The van der Waals surface area contributed by atoms with E-state index < -0.39 is 0 Å². The lowest BCUT2D eigenvalue weighted by Crippen LogP contribution is -2.37. The minimum Gasteiger partial charge on any atom is -0.349 e. The van der Waals surface area contributed by atoms with Crippen LogP contribution in [0.4, 0.5) is 0 Å². The van der Waals surface area contributed by atoms with Crippen molar-refractivity contribution < 1.29 is 4.79 Å². The maximum Gasteiger partial charge on any atom is 0.220 e. The van der Waals surface area contributed by atoms with Crippen molar-refractivity contribution in [3.8, 4) is 0 Å². The average Bonchev–Trinajstić information content (AvgIpc) is 3.37. The summed E-state index contributed by atoms with van der Waals surface area (Å²) >= 11 is 0. The topological polar surface area (TPSA) is 32.3 Å². The van der Waals surface area contributed by atoms with E-state index in [1.807, 2.05) is 6.07 Å². The van der Waals surface area contributed by atoms with Crippen LogP contribution in [-0.4, -0.2) is 30.4 Å². The second kappa shape index (κ2) is 7.28. The van der Waals surface area contributed by atoms with Crippen LogP contribution < -0.4 is 5.32 Å². The van der Waals surface area contributed by atoms with E-state index in [0.29, 0.717) is 18.4 Å². The van der Waals surface area contributed by atoms with Gasteiger partial charge in [0.25, 0.3) is 0 Å². The Morgan fingerprint density at radius 2 is 2.00 bits per heavy atom. The van der Waals surface area contributed by atoms with Crippen molar-refractivity contribution >= 4 is 5.91 Å². The van der Waals surface area contributed by atoms with E-state index >= 15 is 0 Å². The molecule has 0 bridgehead atoms. The van der Waals surface area contributed by atoms with Crippen LogP contribution in [0.25, 0.3) is 0 Å². The van der Waals surface area contributed by atoms with Crippen molar-refractivity contribution in [2.75, 3.05) is 13.6 Å².